The summed E-state index contributed by atoms with van der Waals surface area (Å²) in [5.41, 5.74) is -3.50. The number of fused-ring (bicyclic) bond motifs is 2. The Bertz CT molecular complexity index is 2920. The molecule has 79 heavy (non-hydrogen) atoms. The van der Waals surface area contributed by atoms with Gasteiger partial charge in [-0.05, 0) is 89.3 Å². The molecule has 3 saturated heterocycles. The third-order valence-electron chi connectivity index (χ3n) is 15.0. The summed E-state index contributed by atoms with van der Waals surface area (Å²) in [4.78, 5) is 66.0. The van der Waals surface area contributed by atoms with Gasteiger partial charge in [0.15, 0.2) is 0 Å². The largest absolute Gasteiger partial charge is 0.465 e. The highest BCUT2D eigenvalue weighted by molar-refractivity contribution is 5.87. The summed E-state index contributed by atoms with van der Waals surface area (Å²) in [6.45, 7) is 3.31. The van der Waals surface area contributed by atoms with Crippen molar-refractivity contribution in [3.8, 4) is 23.1 Å². The zero-order valence-electron chi connectivity index (χ0n) is 43.5. The second kappa shape index (κ2) is 22.9. The van der Waals surface area contributed by atoms with E-state index in [2.05, 4.69) is 46.8 Å². The number of aliphatic hydroxyl groups excluding tert-OH is 1. The van der Waals surface area contributed by atoms with Crippen molar-refractivity contribution in [2.45, 2.75) is 121 Å². The second-order valence-corrected chi connectivity index (χ2v) is 21.3. The lowest BCUT2D eigenvalue weighted by molar-refractivity contribution is -0.221. The van der Waals surface area contributed by atoms with Gasteiger partial charge in [-0.15, -0.1) is 0 Å². The summed E-state index contributed by atoms with van der Waals surface area (Å²) < 4.78 is 131. The van der Waals surface area contributed by atoms with Gasteiger partial charge in [0.1, 0.15) is 23.7 Å². The maximum atomic E-state index is 16.1. The molecule has 1 saturated carbocycles. The van der Waals surface area contributed by atoms with E-state index in [1.165, 1.54) is 23.5 Å². The number of alkyl carbamates (subject to hydrolysis) is 1. The van der Waals surface area contributed by atoms with Crippen molar-refractivity contribution in [1.82, 2.24) is 51.0 Å². The third-order valence-corrected chi connectivity index (χ3v) is 15.0. The average Bonchev–Trinajstić information content (AvgIpc) is 3.95. The smallest absolute Gasteiger partial charge is 0.407 e. The monoisotopic (exact) mass is 1120 g/mol. The van der Waals surface area contributed by atoms with Crippen molar-refractivity contribution >= 4 is 29.9 Å². The summed E-state index contributed by atoms with van der Waals surface area (Å²) >= 11 is 0. The molecule has 0 spiro atoms. The van der Waals surface area contributed by atoms with Crippen LogP contribution >= 0.6 is 0 Å². The number of aliphatic hydroxyl groups is 1. The Morgan fingerprint density at radius 3 is 1.95 bits per heavy atom. The molecule has 2 bridgehead atoms. The molecule has 2 aromatic heterocycles. The molecule has 4 amide bonds. The van der Waals surface area contributed by atoms with Crippen molar-refractivity contribution < 1.29 is 74.0 Å². The first-order valence-electron chi connectivity index (χ1n) is 25.2. The molecule has 8 rings (SSSR count). The average molecular weight is 1120 g/mol. The van der Waals surface area contributed by atoms with Crippen LogP contribution in [0.4, 0.5) is 50.7 Å². The number of carbonyl (C=O) groups excluding carboxylic acids is 3. The van der Waals surface area contributed by atoms with Crippen molar-refractivity contribution in [3.63, 3.8) is 0 Å². The maximum Gasteiger partial charge on any atom is 0.407 e. The topological polar surface area (TPSA) is 229 Å². The van der Waals surface area contributed by atoms with Crippen LogP contribution < -0.4 is 26.3 Å². The van der Waals surface area contributed by atoms with Crippen LogP contribution in [0, 0.1) is 34.3 Å². The molecule has 6 N–H and O–H groups in total. The third kappa shape index (κ3) is 13.1. The molecular formula is C52H59F8N11O8. The van der Waals surface area contributed by atoms with Gasteiger partial charge < -0.3 is 40.5 Å². The number of hydrazine groups is 1. The van der Waals surface area contributed by atoms with Gasteiger partial charge in [-0.25, -0.2) is 33.3 Å². The van der Waals surface area contributed by atoms with E-state index < -0.39 is 108 Å². The standard InChI is InChI=1S/C52H59F8N11O8/c1-49(2,51(55,56)57)42(65-48(77)78-5)44(73)63-40(16-29-9-6-28(7-10-29)8-11-30-20-61-46(62-21-30)70-23-33-19-34(70)22-69(33)35-26-79-27-35)41(72)25-68(67-45(74)43(64-47(75)76)50(3,4)52(58,59)60)24-36-37(53)17-31(18-38(36)54)39-14-15-71(66-39)32-12-13-32/h6-7,9-10,14-15,17-18,20-21,32-35,40-43,64,72H,12-13,16,19,22-27H2,1-5H3,(H,63,73)(H,65,77)(H,67,74)(H,75,76)/t33-,34-,40?,41?,42?,43?/m1/s1. The lowest BCUT2D eigenvalue weighted by atomic mass is 9.82. The molecule has 4 aromatic rings. The number of benzene rings is 2. The Kier molecular flexibility index (Phi) is 16.8. The predicted octanol–water partition coefficient (Wildman–Crippen LogP) is 5.47. The number of hydrogen-bond donors (Lipinski definition) is 6. The van der Waals surface area contributed by atoms with E-state index in [4.69, 9.17) is 4.74 Å². The van der Waals surface area contributed by atoms with Crippen LogP contribution in [0.5, 0.6) is 0 Å². The molecule has 426 valence electrons. The fourth-order valence-corrected chi connectivity index (χ4v) is 9.64. The second-order valence-electron chi connectivity index (χ2n) is 21.3. The summed E-state index contributed by atoms with van der Waals surface area (Å²) in [7, 11) is 0.837. The lowest BCUT2D eigenvalue weighted by Crippen LogP contribution is -2.63. The highest BCUT2D eigenvalue weighted by Gasteiger charge is 2.57. The molecule has 0 radical (unpaired) electrons. The number of amides is 4. The van der Waals surface area contributed by atoms with E-state index in [0.29, 0.717) is 67.4 Å². The number of likely N-dealkylation sites (tertiary alicyclic amines) is 1. The van der Waals surface area contributed by atoms with Gasteiger partial charge in [-0.3, -0.25) is 24.6 Å². The van der Waals surface area contributed by atoms with Gasteiger partial charge in [0.2, 0.25) is 11.9 Å². The molecule has 4 aliphatic rings. The van der Waals surface area contributed by atoms with E-state index >= 15 is 8.78 Å². The fraction of sp³-hybridized carbons (Fsp3) is 0.519. The van der Waals surface area contributed by atoms with Crippen molar-refractivity contribution in [3.05, 3.63) is 94.9 Å². The van der Waals surface area contributed by atoms with Crippen LogP contribution in [0.15, 0.2) is 61.1 Å². The van der Waals surface area contributed by atoms with Gasteiger partial charge in [0.05, 0.1) is 66.6 Å². The molecule has 19 nitrogen and oxygen atoms in total. The first-order valence-corrected chi connectivity index (χ1v) is 25.2. The van der Waals surface area contributed by atoms with Crippen LogP contribution in [0.3, 0.4) is 0 Å². The molecule has 1 aliphatic carbocycles. The molecule has 27 heteroatoms. The van der Waals surface area contributed by atoms with E-state index in [-0.39, 0.29) is 23.3 Å². The zero-order chi connectivity index (χ0) is 57.4. The quantitative estimate of drug-likeness (QED) is 0.0389. The number of carbonyl (C=O) groups is 4. The first kappa shape index (κ1) is 58.0. The van der Waals surface area contributed by atoms with Crippen molar-refractivity contribution in [2.75, 3.05) is 44.9 Å². The molecular weight excluding hydrogens is 1060 g/mol. The van der Waals surface area contributed by atoms with Crippen molar-refractivity contribution in [1.29, 1.82) is 0 Å². The zero-order valence-corrected chi connectivity index (χ0v) is 43.5. The lowest BCUT2D eigenvalue weighted by Gasteiger charge is -2.42. The van der Waals surface area contributed by atoms with E-state index in [1.807, 2.05) is 10.7 Å². The molecule has 3 aliphatic heterocycles. The number of piperazine rings is 1. The normalized spacial score (nSPS) is 19.4. The maximum absolute atomic E-state index is 16.1. The van der Waals surface area contributed by atoms with Gasteiger partial charge in [0, 0.05) is 73.5 Å². The summed E-state index contributed by atoms with van der Waals surface area (Å²) in [5.74, 6) is 0.844. The van der Waals surface area contributed by atoms with Crippen LogP contribution in [-0.2, 0) is 32.0 Å². The number of carboxylic acid groups (broad SMARTS) is 1. The first-order chi connectivity index (χ1) is 37.1. The minimum Gasteiger partial charge on any atom is -0.465 e. The van der Waals surface area contributed by atoms with Crippen LogP contribution in [-0.4, -0.2) is 159 Å². The van der Waals surface area contributed by atoms with E-state index in [1.54, 1.807) is 35.4 Å². The number of rotatable bonds is 19. The number of anilines is 1. The summed E-state index contributed by atoms with van der Waals surface area (Å²) in [6, 6.07) is 3.88. The summed E-state index contributed by atoms with van der Waals surface area (Å²) in [5, 5.41) is 32.2. The van der Waals surface area contributed by atoms with Gasteiger partial charge in [0.25, 0.3) is 5.91 Å². The predicted molar refractivity (Wildman–Crippen MR) is 265 cm³/mol. The number of aromatic nitrogens is 4. The minimum absolute atomic E-state index is 0.0116. The van der Waals surface area contributed by atoms with Crippen molar-refractivity contribution in [2.24, 2.45) is 10.8 Å². The number of hydrogen-bond acceptors (Lipinski definition) is 13. The van der Waals surface area contributed by atoms with Gasteiger partial charge in [-0.2, -0.15) is 31.4 Å². The molecule has 4 unspecified atom stereocenters. The highest BCUT2D eigenvalue weighted by atomic mass is 19.4. The Labute approximate surface area is 448 Å². The highest BCUT2D eigenvalue weighted by Crippen LogP contribution is 2.42. The fourth-order valence-electron chi connectivity index (χ4n) is 9.64. The summed E-state index contributed by atoms with van der Waals surface area (Å²) in [6.07, 6.45) is -8.90. The van der Waals surface area contributed by atoms with Crippen LogP contribution in [0.2, 0.25) is 0 Å². The van der Waals surface area contributed by atoms with E-state index in [0.717, 1.165) is 64.8 Å². The van der Waals surface area contributed by atoms with Gasteiger partial charge in [-0.1, -0.05) is 24.0 Å². The van der Waals surface area contributed by atoms with Gasteiger partial charge >= 0.3 is 24.5 Å². The van der Waals surface area contributed by atoms with E-state index in [9.17, 15) is 55.7 Å². The Balaban J connectivity index is 1.07. The Hall–Kier alpha value is -7.15. The number of methoxy groups -OCH3 is 1. The number of alkyl halides is 6. The number of ether oxygens (including phenoxy) is 2. The Morgan fingerprint density at radius 1 is 0.810 bits per heavy atom. The van der Waals surface area contributed by atoms with Crippen LogP contribution in [0.25, 0.3) is 11.3 Å². The Morgan fingerprint density at radius 2 is 1.42 bits per heavy atom. The molecule has 5 heterocycles. The SMILES string of the molecule is COC(=O)NC(C(=O)NC(Cc1ccc(C#Cc2cnc(N3C[C@H]4C[C@@H]3CN4C3COC3)nc2)cc1)C(O)CN(Cc1c(F)cc(-c2ccn(C3CC3)n2)cc1F)NC(=O)C(NC(=O)O)C(C)(C)C(F)(F)F)C(C)(C)C(F)(F)F. The van der Waals surface area contributed by atoms with Crippen LogP contribution in [0.1, 0.15) is 75.3 Å². The minimum atomic E-state index is -5.24. The number of halogens is 8. The number of nitrogens with zero attached hydrogens (tertiary/aromatic N) is 7. The molecule has 2 aromatic carbocycles. The number of nitrogens with one attached hydrogen (secondary N) is 4. The molecule has 6 atom stereocenters. The molecule has 4 fully saturated rings.